The summed E-state index contributed by atoms with van der Waals surface area (Å²) in [6.07, 6.45) is 6.54. The fourth-order valence-corrected chi connectivity index (χ4v) is 6.17. The van der Waals surface area contributed by atoms with E-state index in [0.717, 1.165) is 27.8 Å². The van der Waals surface area contributed by atoms with Gasteiger partial charge in [0.2, 0.25) is 11.8 Å². The molecular formula is C29H21NO4. The fourth-order valence-electron chi connectivity index (χ4n) is 6.17. The topological polar surface area (TPSA) is 55.8 Å². The molecule has 0 saturated carbocycles. The number of benzene rings is 3. The first-order valence-electron chi connectivity index (χ1n) is 11.5. The summed E-state index contributed by atoms with van der Waals surface area (Å²) in [5.41, 5.74) is 1.70. The molecule has 2 aliphatic carbocycles. The van der Waals surface area contributed by atoms with Gasteiger partial charge in [0.15, 0.2) is 0 Å². The van der Waals surface area contributed by atoms with Gasteiger partial charge in [-0.1, -0.05) is 103 Å². The lowest BCUT2D eigenvalue weighted by Gasteiger charge is -2.46. The summed E-state index contributed by atoms with van der Waals surface area (Å²) in [6, 6.07) is 25.1. The van der Waals surface area contributed by atoms with Crippen LogP contribution in [0.3, 0.4) is 0 Å². The summed E-state index contributed by atoms with van der Waals surface area (Å²) in [5, 5.41) is 0. The van der Waals surface area contributed by atoms with Crippen LogP contribution in [0, 0.1) is 0 Å². The Bertz CT molecular complexity index is 1320. The Labute approximate surface area is 196 Å². The molecule has 4 atom stereocenters. The number of likely N-dealkylation sites (tertiary alicyclic amines) is 1. The van der Waals surface area contributed by atoms with Gasteiger partial charge in [0, 0.05) is 0 Å². The van der Waals surface area contributed by atoms with Crippen molar-refractivity contribution in [2.45, 2.75) is 29.6 Å². The van der Waals surface area contributed by atoms with E-state index in [1.54, 1.807) is 0 Å². The molecule has 8 rings (SSSR count). The molecule has 5 heteroatoms. The second kappa shape index (κ2) is 6.86. The number of fused-ring (bicyclic) bond motifs is 2. The van der Waals surface area contributed by atoms with Crippen LogP contribution in [0.2, 0.25) is 0 Å². The van der Waals surface area contributed by atoms with Gasteiger partial charge >= 0.3 is 0 Å². The molecule has 166 valence electrons. The molecule has 5 aliphatic rings. The van der Waals surface area contributed by atoms with Crippen LogP contribution < -0.4 is 0 Å². The van der Waals surface area contributed by atoms with Crippen LogP contribution in [0.5, 0.6) is 0 Å². The minimum absolute atomic E-state index is 0.216. The van der Waals surface area contributed by atoms with E-state index in [0.29, 0.717) is 0 Å². The highest BCUT2D eigenvalue weighted by Gasteiger charge is 2.71. The number of rotatable bonds is 2. The van der Waals surface area contributed by atoms with E-state index in [4.69, 9.17) is 9.78 Å². The summed E-state index contributed by atoms with van der Waals surface area (Å²) in [4.78, 5) is 42.2. The number of carbonyl (C=O) groups excluding carboxylic acids is 2. The fraction of sp³-hybridized carbons (Fsp3) is 0.172. The molecule has 3 aromatic rings. The standard InChI is InChI=1S/C29H21NO4/c31-26-28-16-14-24(20-10-4-6-12-22(20)28)33-34-25-15-17-29(28,23-13-7-5-11-21(23)25)27(32)30(26)18-19-8-2-1-3-9-19/h1-17,24-25H,18H2. The molecule has 34 heavy (non-hydrogen) atoms. The second-order valence-electron chi connectivity index (χ2n) is 9.22. The van der Waals surface area contributed by atoms with Crippen LogP contribution in [0.4, 0.5) is 0 Å². The van der Waals surface area contributed by atoms with Crippen molar-refractivity contribution in [3.05, 3.63) is 131 Å². The van der Waals surface area contributed by atoms with Gasteiger partial charge in [-0.25, -0.2) is 9.78 Å². The van der Waals surface area contributed by atoms with Crippen LogP contribution in [0.15, 0.2) is 103 Å². The lowest BCUT2D eigenvalue weighted by atomic mass is 9.53. The highest BCUT2D eigenvalue weighted by molar-refractivity contribution is 6.18. The first-order valence-corrected chi connectivity index (χ1v) is 11.5. The van der Waals surface area contributed by atoms with Crippen LogP contribution >= 0.6 is 0 Å². The molecule has 3 aromatic carbocycles. The van der Waals surface area contributed by atoms with Crippen molar-refractivity contribution in [1.82, 2.24) is 4.90 Å². The minimum Gasteiger partial charge on any atom is -0.276 e. The zero-order valence-corrected chi connectivity index (χ0v) is 18.3. The summed E-state index contributed by atoms with van der Waals surface area (Å²) >= 11 is 0. The summed E-state index contributed by atoms with van der Waals surface area (Å²) in [7, 11) is 0. The molecule has 5 nitrogen and oxygen atoms in total. The van der Waals surface area contributed by atoms with Crippen molar-refractivity contribution in [1.29, 1.82) is 0 Å². The molecule has 2 amide bonds. The third-order valence-corrected chi connectivity index (χ3v) is 7.66. The Morgan fingerprint density at radius 1 is 0.647 bits per heavy atom. The second-order valence-corrected chi connectivity index (χ2v) is 9.22. The summed E-state index contributed by atoms with van der Waals surface area (Å²) in [5.74, 6) is -0.439. The van der Waals surface area contributed by atoms with Crippen molar-refractivity contribution < 1.29 is 19.4 Å². The van der Waals surface area contributed by atoms with Gasteiger partial charge in [0.25, 0.3) is 0 Å². The first-order chi connectivity index (χ1) is 16.7. The van der Waals surface area contributed by atoms with E-state index < -0.39 is 23.0 Å². The average Bonchev–Trinajstić information content (AvgIpc) is 3.06. The number of amides is 2. The van der Waals surface area contributed by atoms with Crippen molar-refractivity contribution in [2.24, 2.45) is 0 Å². The maximum Gasteiger partial charge on any atom is 0.245 e. The molecule has 0 aromatic heterocycles. The molecule has 1 saturated heterocycles. The molecule has 0 N–H and O–H groups in total. The maximum atomic E-state index is 14.5. The zero-order valence-electron chi connectivity index (χ0n) is 18.3. The van der Waals surface area contributed by atoms with Gasteiger partial charge in [-0.05, 0) is 27.8 Å². The Hall–Kier alpha value is -3.80. The van der Waals surface area contributed by atoms with E-state index in [1.807, 2.05) is 103 Å². The highest BCUT2D eigenvalue weighted by atomic mass is 17.2. The SMILES string of the molecule is O=C1N(Cc2ccccc2)C(=O)C23C=CC(OOC4C=CC12c1ccccc14)c1ccccc13. The third kappa shape index (κ3) is 2.25. The minimum atomic E-state index is -1.22. The number of carbonyl (C=O) groups is 2. The van der Waals surface area contributed by atoms with E-state index in [9.17, 15) is 9.59 Å². The van der Waals surface area contributed by atoms with E-state index in [2.05, 4.69) is 0 Å². The predicted molar refractivity (Wildman–Crippen MR) is 124 cm³/mol. The van der Waals surface area contributed by atoms with Crippen LogP contribution in [-0.2, 0) is 36.7 Å². The molecule has 0 radical (unpaired) electrons. The summed E-state index contributed by atoms with van der Waals surface area (Å²) in [6.45, 7) is 0.216. The molecule has 3 heterocycles. The van der Waals surface area contributed by atoms with Crippen molar-refractivity contribution in [3.8, 4) is 0 Å². The van der Waals surface area contributed by atoms with E-state index in [1.165, 1.54) is 4.90 Å². The number of hydrogen-bond acceptors (Lipinski definition) is 4. The molecule has 1 fully saturated rings. The molecule has 2 spiro atoms. The third-order valence-electron chi connectivity index (χ3n) is 7.66. The zero-order chi connectivity index (χ0) is 22.9. The predicted octanol–water partition coefficient (Wildman–Crippen LogP) is 4.62. The van der Waals surface area contributed by atoms with Crippen LogP contribution in [0.25, 0.3) is 0 Å². The maximum absolute atomic E-state index is 14.5. The molecular weight excluding hydrogens is 426 g/mol. The van der Waals surface area contributed by atoms with Crippen molar-refractivity contribution in [3.63, 3.8) is 0 Å². The number of hydrogen-bond donors (Lipinski definition) is 0. The number of imide groups is 1. The van der Waals surface area contributed by atoms with E-state index in [-0.39, 0.29) is 18.4 Å². The van der Waals surface area contributed by atoms with Gasteiger partial charge in [-0.3, -0.25) is 14.5 Å². The smallest absolute Gasteiger partial charge is 0.245 e. The van der Waals surface area contributed by atoms with Gasteiger partial charge in [-0.15, -0.1) is 0 Å². The van der Waals surface area contributed by atoms with Gasteiger partial charge in [0.1, 0.15) is 23.0 Å². The Morgan fingerprint density at radius 2 is 1.12 bits per heavy atom. The van der Waals surface area contributed by atoms with Gasteiger partial charge in [0.05, 0.1) is 6.54 Å². The Morgan fingerprint density at radius 3 is 1.65 bits per heavy atom. The van der Waals surface area contributed by atoms with Crippen LogP contribution in [0.1, 0.15) is 40.0 Å². The quantitative estimate of drug-likeness (QED) is 0.327. The Kier molecular flexibility index (Phi) is 3.96. The molecule has 3 aliphatic heterocycles. The lowest BCUT2D eigenvalue weighted by molar-refractivity contribution is -0.339. The largest absolute Gasteiger partial charge is 0.276 e. The average molecular weight is 447 g/mol. The Balaban J connectivity index is 1.56. The highest BCUT2D eigenvalue weighted by Crippen LogP contribution is 2.60. The van der Waals surface area contributed by atoms with Crippen molar-refractivity contribution in [2.75, 3.05) is 0 Å². The molecule has 4 unspecified atom stereocenters. The summed E-state index contributed by atoms with van der Waals surface area (Å²) < 4.78 is 0. The van der Waals surface area contributed by atoms with Gasteiger partial charge in [-0.2, -0.15) is 0 Å². The van der Waals surface area contributed by atoms with Crippen LogP contribution in [-0.4, -0.2) is 16.7 Å². The number of nitrogens with zero attached hydrogens (tertiary/aromatic N) is 1. The lowest BCUT2D eigenvalue weighted by Crippen LogP contribution is -2.53. The monoisotopic (exact) mass is 447 g/mol. The molecule has 4 bridgehead atoms. The normalized spacial score (nSPS) is 30.3. The first kappa shape index (κ1) is 19.6. The van der Waals surface area contributed by atoms with Gasteiger partial charge < -0.3 is 0 Å². The van der Waals surface area contributed by atoms with E-state index >= 15 is 0 Å². The van der Waals surface area contributed by atoms with Crippen molar-refractivity contribution >= 4 is 11.8 Å².